The van der Waals surface area contributed by atoms with Gasteiger partial charge in [0, 0.05) is 36.9 Å². The van der Waals surface area contributed by atoms with Crippen molar-refractivity contribution < 1.29 is 31.4 Å². The third kappa shape index (κ3) is 4.94. The zero-order valence-electron chi connectivity index (χ0n) is 24.6. The first-order valence-corrected chi connectivity index (χ1v) is 16.1. The molecular weight excluding hydrogens is 651 g/mol. The van der Waals surface area contributed by atoms with E-state index >= 15 is 4.39 Å². The molecular formula is C31H28ClF5N6O2S. The molecule has 7 rings (SSSR count). The Morgan fingerprint density at radius 2 is 2.07 bits per heavy atom. The van der Waals surface area contributed by atoms with Crippen LogP contribution in [0.5, 0.6) is 11.8 Å². The quantitative estimate of drug-likeness (QED) is 0.207. The largest absolute Gasteiger partial charge is 0.486 e. The Balaban J connectivity index is 1.45. The van der Waals surface area contributed by atoms with Crippen molar-refractivity contribution in [2.24, 2.45) is 0 Å². The number of fused-ring (bicyclic) bond motifs is 2. The molecule has 0 radical (unpaired) electrons. The molecule has 2 aromatic heterocycles. The molecule has 4 aromatic rings. The first-order valence-electron chi connectivity index (χ1n) is 14.9. The van der Waals surface area contributed by atoms with E-state index in [1.54, 1.807) is 11.8 Å². The Kier molecular flexibility index (Phi) is 7.76. The van der Waals surface area contributed by atoms with Gasteiger partial charge in [-0.1, -0.05) is 17.7 Å². The van der Waals surface area contributed by atoms with Crippen molar-refractivity contribution in [3.05, 3.63) is 34.4 Å². The fraction of sp³-hybridized carbons (Fsp3) is 0.452. The van der Waals surface area contributed by atoms with E-state index in [1.807, 2.05) is 11.0 Å². The number of nitrogens with zero attached hydrogens (tertiary/aromatic N) is 5. The molecule has 2 aromatic carbocycles. The number of nitrogen functional groups attached to an aromatic ring is 1. The summed E-state index contributed by atoms with van der Waals surface area (Å²) in [7, 11) is 0. The highest BCUT2D eigenvalue weighted by atomic mass is 35.5. The van der Waals surface area contributed by atoms with Gasteiger partial charge in [0.25, 0.3) is 0 Å². The topological polar surface area (TPSA) is 101 Å². The number of aromatic nitrogens is 2. The summed E-state index contributed by atoms with van der Waals surface area (Å²) in [4.78, 5) is 12.6. The van der Waals surface area contributed by atoms with Gasteiger partial charge in [-0.05, 0) is 37.9 Å². The Hall–Kier alpha value is -3.67. The SMILES string of the molecule is C[C@H]1CN(CCC(F)F)c2nc(OC[C@@]34CCCN3C[C@H](F)C4)nc3c(F)c(-c4ccc(F)c5sc(N)c(C#N)c45)c(Cl)c(c23)O1. The predicted octanol–water partition coefficient (Wildman–Crippen LogP) is 7.09. The summed E-state index contributed by atoms with van der Waals surface area (Å²) in [5.41, 5.74) is 5.08. The number of anilines is 2. The molecule has 2 saturated heterocycles. The molecule has 15 heteroatoms. The Labute approximate surface area is 269 Å². The smallest absolute Gasteiger partial charge is 0.319 e. The molecule has 3 atom stereocenters. The van der Waals surface area contributed by atoms with E-state index < -0.39 is 42.3 Å². The Morgan fingerprint density at radius 3 is 2.83 bits per heavy atom. The molecule has 46 heavy (non-hydrogen) atoms. The maximum Gasteiger partial charge on any atom is 0.319 e. The van der Waals surface area contributed by atoms with Gasteiger partial charge in [0.1, 0.15) is 47.1 Å². The number of alkyl halides is 3. The molecule has 5 heterocycles. The zero-order chi connectivity index (χ0) is 32.5. The minimum Gasteiger partial charge on any atom is -0.486 e. The van der Waals surface area contributed by atoms with Gasteiger partial charge in [0.2, 0.25) is 6.43 Å². The van der Waals surface area contributed by atoms with Crippen molar-refractivity contribution in [2.75, 3.05) is 43.4 Å². The lowest BCUT2D eigenvalue weighted by Crippen LogP contribution is -2.43. The summed E-state index contributed by atoms with van der Waals surface area (Å²) in [5.74, 6) is -1.46. The highest BCUT2D eigenvalue weighted by Crippen LogP contribution is 2.51. The molecule has 2 fully saturated rings. The van der Waals surface area contributed by atoms with Crippen molar-refractivity contribution >= 4 is 54.7 Å². The van der Waals surface area contributed by atoms with Crippen molar-refractivity contribution in [3.8, 4) is 29.0 Å². The van der Waals surface area contributed by atoms with Crippen LogP contribution in [0.4, 0.5) is 32.8 Å². The number of nitrogens with two attached hydrogens (primary N) is 1. The normalized spacial score (nSPS) is 22.8. The van der Waals surface area contributed by atoms with Crippen molar-refractivity contribution in [3.63, 3.8) is 0 Å². The number of nitriles is 1. The molecule has 0 spiro atoms. The van der Waals surface area contributed by atoms with Crippen LogP contribution in [-0.2, 0) is 0 Å². The van der Waals surface area contributed by atoms with Crippen molar-refractivity contribution in [1.82, 2.24) is 14.9 Å². The molecule has 0 aliphatic carbocycles. The monoisotopic (exact) mass is 678 g/mol. The van der Waals surface area contributed by atoms with Gasteiger partial charge in [0.05, 0.1) is 32.8 Å². The fourth-order valence-corrected chi connectivity index (χ4v) is 8.39. The van der Waals surface area contributed by atoms with Crippen molar-refractivity contribution in [1.29, 1.82) is 5.26 Å². The molecule has 242 valence electrons. The van der Waals surface area contributed by atoms with E-state index in [9.17, 15) is 22.8 Å². The van der Waals surface area contributed by atoms with E-state index in [2.05, 4.69) is 9.97 Å². The second-order valence-electron chi connectivity index (χ2n) is 12.1. The summed E-state index contributed by atoms with van der Waals surface area (Å²) in [6, 6.07) is 4.20. The number of rotatable bonds is 7. The first kappa shape index (κ1) is 31.0. The second kappa shape index (κ2) is 11.5. The van der Waals surface area contributed by atoms with E-state index in [0.717, 1.165) is 30.4 Å². The molecule has 3 aliphatic rings. The van der Waals surface area contributed by atoms with Crippen LogP contribution in [0.15, 0.2) is 12.1 Å². The summed E-state index contributed by atoms with van der Waals surface area (Å²) in [6.45, 7) is 2.78. The number of hydrogen-bond acceptors (Lipinski definition) is 9. The summed E-state index contributed by atoms with van der Waals surface area (Å²) in [6.07, 6.45) is -2.84. The number of benzene rings is 2. The first-order chi connectivity index (χ1) is 22.0. The van der Waals surface area contributed by atoms with Gasteiger partial charge in [-0.3, -0.25) is 4.90 Å². The molecule has 0 bridgehead atoms. The van der Waals surface area contributed by atoms with E-state index in [4.69, 9.17) is 26.8 Å². The van der Waals surface area contributed by atoms with E-state index in [-0.39, 0.29) is 91.4 Å². The van der Waals surface area contributed by atoms with E-state index in [0.29, 0.717) is 13.0 Å². The van der Waals surface area contributed by atoms with Crippen LogP contribution in [0.1, 0.15) is 38.2 Å². The third-order valence-corrected chi connectivity index (χ3v) is 10.5. The Bertz CT molecular complexity index is 1920. The average Bonchev–Trinajstić information content (AvgIpc) is 3.63. The summed E-state index contributed by atoms with van der Waals surface area (Å²) < 4.78 is 85.5. The standard InChI is InChI=1S/C31H28ClF5N6O2S/c1-14-11-42(8-5-19(35)36)29-22-25(40-30(41-29)44-13-31-6-2-7-43(31)12-15(33)9-31)24(37)21(23(32)26(22)45-14)16-3-4-18(34)27-20(16)17(10-38)28(39)46-27/h3-4,14-15,19H,2,5-9,11-13,39H2,1H3/t14-,15+,31-/m0/s1. The van der Waals surface area contributed by atoms with Crippen LogP contribution < -0.4 is 20.1 Å². The van der Waals surface area contributed by atoms with Gasteiger partial charge in [-0.15, -0.1) is 11.3 Å². The zero-order valence-corrected chi connectivity index (χ0v) is 26.1. The number of thiophene rings is 1. The van der Waals surface area contributed by atoms with Crippen molar-refractivity contribution in [2.45, 2.75) is 56.8 Å². The highest BCUT2D eigenvalue weighted by molar-refractivity contribution is 7.23. The Morgan fingerprint density at radius 1 is 1.26 bits per heavy atom. The van der Waals surface area contributed by atoms with Gasteiger partial charge in [-0.25, -0.2) is 22.0 Å². The molecule has 2 N–H and O–H groups in total. The molecule has 0 unspecified atom stereocenters. The van der Waals surface area contributed by atoms with Crippen LogP contribution >= 0.6 is 22.9 Å². The maximum atomic E-state index is 17.0. The maximum absolute atomic E-state index is 17.0. The third-order valence-electron chi connectivity index (χ3n) is 9.09. The van der Waals surface area contributed by atoms with Crippen LogP contribution in [0.2, 0.25) is 5.02 Å². The summed E-state index contributed by atoms with van der Waals surface area (Å²) >= 11 is 7.77. The lowest BCUT2D eigenvalue weighted by molar-refractivity contribution is 0.107. The van der Waals surface area contributed by atoms with Crippen LogP contribution in [0, 0.1) is 23.0 Å². The molecule has 0 amide bonds. The lowest BCUT2D eigenvalue weighted by atomic mass is 9.95. The molecule has 0 saturated carbocycles. The lowest BCUT2D eigenvalue weighted by Gasteiger charge is -2.31. The van der Waals surface area contributed by atoms with Crippen LogP contribution in [0.3, 0.4) is 0 Å². The summed E-state index contributed by atoms with van der Waals surface area (Å²) in [5, 5.41) is 9.88. The van der Waals surface area contributed by atoms with Crippen LogP contribution in [0.25, 0.3) is 32.1 Å². The number of ether oxygens (including phenoxy) is 2. The van der Waals surface area contributed by atoms with Crippen LogP contribution in [-0.4, -0.2) is 71.9 Å². The molecule has 8 nitrogen and oxygen atoms in total. The highest BCUT2D eigenvalue weighted by Gasteiger charge is 2.49. The predicted molar refractivity (Wildman–Crippen MR) is 166 cm³/mol. The van der Waals surface area contributed by atoms with E-state index in [1.165, 1.54) is 6.07 Å². The number of hydrogen-bond donors (Lipinski definition) is 1. The second-order valence-corrected chi connectivity index (χ2v) is 13.5. The minimum atomic E-state index is -2.61. The van der Waals surface area contributed by atoms with Gasteiger partial charge in [0.15, 0.2) is 11.6 Å². The fourth-order valence-electron chi connectivity index (χ4n) is 7.12. The van der Waals surface area contributed by atoms with Gasteiger partial charge >= 0.3 is 6.01 Å². The van der Waals surface area contributed by atoms with Gasteiger partial charge < -0.3 is 20.1 Å². The minimum absolute atomic E-state index is 0.0115. The average molecular weight is 679 g/mol. The number of halogens is 6. The van der Waals surface area contributed by atoms with Gasteiger partial charge in [-0.2, -0.15) is 15.2 Å². The molecule has 3 aliphatic heterocycles.